The smallest absolute Gasteiger partial charge is 0.323 e. The second kappa shape index (κ2) is 7.22. The summed E-state index contributed by atoms with van der Waals surface area (Å²) in [6, 6.07) is 4.76. The van der Waals surface area contributed by atoms with Crippen LogP contribution in [-0.2, 0) is 4.79 Å². The number of nitriles is 1. The van der Waals surface area contributed by atoms with E-state index in [0.29, 0.717) is 13.1 Å². The van der Waals surface area contributed by atoms with Crippen LogP contribution in [0, 0.1) is 17.1 Å². The van der Waals surface area contributed by atoms with Crippen LogP contribution in [0.3, 0.4) is 0 Å². The zero-order valence-electron chi connectivity index (χ0n) is 11.2. The van der Waals surface area contributed by atoms with E-state index in [9.17, 15) is 9.18 Å². The highest BCUT2D eigenvalue weighted by molar-refractivity contribution is 9.10. The van der Waals surface area contributed by atoms with Crippen LogP contribution in [0.1, 0.15) is 5.56 Å². The van der Waals surface area contributed by atoms with E-state index >= 15 is 0 Å². The quantitative estimate of drug-likeness (QED) is 0.854. The maximum atomic E-state index is 14.2. The molecule has 0 saturated carbocycles. The molecule has 0 aromatic heterocycles. The topological polar surface area (TPSA) is 67.6 Å². The molecule has 0 aliphatic rings. The summed E-state index contributed by atoms with van der Waals surface area (Å²) < 4.78 is 14.3. The van der Waals surface area contributed by atoms with Crippen molar-refractivity contribution in [1.29, 1.82) is 5.26 Å². The minimum absolute atomic E-state index is 0.0535. The monoisotopic (exact) mass is 343 g/mol. The van der Waals surface area contributed by atoms with E-state index < -0.39 is 11.8 Å². The number of rotatable bonds is 6. The van der Waals surface area contributed by atoms with Crippen LogP contribution in [0.4, 0.5) is 10.1 Å². The second-order valence-corrected chi connectivity index (χ2v) is 5.28. The van der Waals surface area contributed by atoms with E-state index in [4.69, 9.17) is 10.4 Å². The van der Waals surface area contributed by atoms with Gasteiger partial charge in [0.25, 0.3) is 0 Å². The molecular weight excluding hydrogens is 329 g/mol. The molecule has 5 nitrogen and oxygen atoms in total. The Bertz CT molecular complexity index is 543. The van der Waals surface area contributed by atoms with Gasteiger partial charge >= 0.3 is 5.97 Å². The summed E-state index contributed by atoms with van der Waals surface area (Å²) in [6.45, 7) is 0.655. The highest BCUT2D eigenvalue weighted by Crippen LogP contribution is 2.29. The molecule has 1 aromatic carbocycles. The molecule has 108 valence electrons. The molecule has 1 N–H and O–H groups in total. The van der Waals surface area contributed by atoms with Crippen molar-refractivity contribution in [3.8, 4) is 6.07 Å². The minimum Gasteiger partial charge on any atom is -0.480 e. The number of carboxylic acid groups (broad SMARTS) is 1. The number of anilines is 1. The first kappa shape index (κ1) is 16.4. The number of likely N-dealkylation sites (N-methyl/N-ethyl adjacent to an activating group) is 1. The van der Waals surface area contributed by atoms with Gasteiger partial charge in [-0.05, 0) is 42.2 Å². The van der Waals surface area contributed by atoms with Crippen molar-refractivity contribution in [1.82, 2.24) is 4.90 Å². The maximum absolute atomic E-state index is 14.2. The number of aliphatic carboxylic acids is 1. The molecule has 0 heterocycles. The third-order valence-electron chi connectivity index (χ3n) is 2.67. The van der Waals surface area contributed by atoms with Crippen LogP contribution in [-0.4, -0.2) is 49.7 Å². The van der Waals surface area contributed by atoms with Crippen molar-refractivity contribution in [2.45, 2.75) is 0 Å². The number of hydrogen-bond donors (Lipinski definition) is 1. The Balaban J connectivity index is 3.10. The van der Waals surface area contributed by atoms with Crippen LogP contribution in [0.15, 0.2) is 16.6 Å². The van der Waals surface area contributed by atoms with E-state index in [1.807, 2.05) is 25.1 Å². The number of carbonyl (C=O) groups is 1. The molecule has 0 saturated heterocycles. The average Bonchev–Trinajstić information content (AvgIpc) is 2.37. The molecule has 0 fully saturated rings. The maximum Gasteiger partial charge on any atom is 0.323 e. The van der Waals surface area contributed by atoms with Crippen LogP contribution in [0.5, 0.6) is 0 Å². The SMILES string of the molecule is CN(C)CCN(CC(=O)O)c1ccc(C#N)c(Br)c1F. The zero-order chi connectivity index (χ0) is 15.3. The molecule has 0 radical (unpaired) electrons. The fourth-order valence-corrected chi connectivity index (χ4v) is 2.06. The molecule has 20 heavy (non-hydrogen) atoms. The highest BCUT2D eigenvalue weighted by atomic mass is 79.9. The first-order valence-corrected chi connectivity index (χ1v) is 6.65. The predicted molar refractivity (Wildman–Crippen MR) is 77.2 cm³/mol. The number of benzene rings is 1. The average molecular weight is 344 g/mol. The van der Waals surface area contributed by atoms with Crippen molar-refractivity contribution >= 4 is 27.6 Å². The van der Waals surface area contributed by atoms with Gasteiger partial charge in [-0.15, -0.1) is 0 Å². The zero-order valence-corrected chi connectivity index (χ0v) is 12.8. The minimum atomic E-state index is -1.04. The van der Waals surface area contributed by atoms with E-state index in [2.05, 4.69) is 15.9 Å². The molecule has 0 unspecified atom stereocenters. The summed E-state index contributed by atoms with van der Waals surface area (Å²) >= 11 is 3.02. The summed E-state index contributed by atoms with van der Waals surface area (Å²) in [5, 5.41) is 17.8. The third kappa shape index (κ3) is 4.18. The summed E-state index contributed by atoms with van der Waals surface area (Å²) in [7, 11) is 3.70. The molecule has 0 amide bonds. The Hall–Kier alpha value is -1.65. The van der Waals surface area contributed by atoms with Crippen molar-refractivity contribution in [3.63, 3.8) is 0 Å². The lowest BCUT2D eigenvalue weighted by Gasteiger charge is -2.25. The number of hydrogen-bond acceptors (Lipinski definition) is 4. The number of nitrogens with zero attached hydrogens (tertiary/aromatic N) is 3. The number of carboxylic acids is 1. The van der Waals surface area contributed by atoms with Gasteiger partial charge in [0.1, 0.15) is 12.6 Å². The standard InChI is InChI=1S/C13H15BrFN3O2/c1-17(2)5-6-18(8-11(19)20)10-4-3-9(7-16)12(14)13(10)15/h3-4H,5-6,8H2,1-2H3,(H,19,20). The fraction of sp³-hybridized carbons (Fsp3) is 0.385. The molecule has 0 aliphatic heterocycles. The Morgan fingerprint density at radius 1 is 1.45 bits per heavy atom. The van der Waals surface area contributed by atoms with Gasteiger partial charge in [0.05, 0.1) is 15.7 Å². The third-order valence-corrected chi connectivity index (χ3v) is 3.44. The fourth-order valence-electron chi connectivity index (χ4n) is 1.64. The van der Waals surface area contributed by atoms with Gasteiger partial charge < -0.3 is 14.9 Å². The lowest BCUT2D eigenvalue weighted by Crippen LogP contribution is -2.36. The second-order valence-electron chi connectivity index (χ2n) is 4.49. The van der Waals surface area contributed by atoms with E-state index in [-0.39, 0.29) is 22.3 Å². The van der Waals surface area contributed by atoms with Crippen LogP contribution >= 0.6 is 15.9 Å². The predicted octanol–water partition coefficient (Wildman–Crippen LogP) is 1.91. The molecule has 0 spiro atoms. The molecule has 7 heteroatoms. The summed E-state index contributed by atoms with van der Waals surface area (Å²) in [5.41, 5.74) is 0.342. The lowest BCUT2D eigenvalue weighted by molar-refractivity contribution is -0.135. The Labute approximate surface area is 125 Å². The van der Waals surface area contributed by atoms with Gasteiger partial charge in [-0.2, -0.15) is 5.26 Å². The van der Waals surface area contributed by atoms with Crippen LogP contribution in [0.25, 0.3) is 0 Å². The summed E-state index contributed by atoms with van der Waals surface area (Å²) in [5.74, 6) is -1.66. The molecular formula is C13H15BrFN3O2. The van der Waals surface area contributed by atoms with E-state index in [1.54, 1.807) is 0 Å². The first-order chi connectivity index (χ1) is 9.36. The summed E-state index contributed by atoms with van der Waals surface area (Å²) in [4.78, 5) is 14.2. The molecule has 0 bridgehead atoms. The van der Waals surface area contributed by atoms with Crippen molar-refractivity contribution in [3.05, 3.63) is 28.0 Å². The van der Waals surface area contributed by atoms with Gasteiger partial charge in [0, 0.05) is 13.1 Å². The van der Waals surface area contributed by atoms with Crippen molar-refractivity contribution in [2.75, 3.05) is 38.6 Å². The van der Waals surface area contributed by atoms with Gasteiger partial charge in [-0.1, -0.05) is 0 Å². The highest BCUT2D eigenvalue weighted by Gasteiger charge is 2.18. The Kier molecular flexibility index (Phi) is 5.92. The van der Waals surface area contributed by atoms with Gasteiger partial charge in [-0.3, -0.25) is 4.79 Å². The molecule has 0 atom stereocenters. The Morgan fingerprint density at radius 3 is 2.60 bits per heavy atom. The van der Waals surface area contributed by atoms with E-state index in [1.165, 1.54) is 17.0 Å². The Morgan fingerprint density at radius 2 is 2.10 bits per heavy atom. The summed E-state index contributed by atoms with van der Waals surface area (Å²) in [6.07, 6.45) is 0. The lowest BCUT2D eigenvalue weighted by atomic mass is 10.2. The number of halogens is 2. The van der Waals surface area contributed by atoms with Crippen molar-refractivity contribution in [2.24, 2.45) is 0 Å². The molecule has 1 aromatic rings. The van der Waals surface area contributed by atoms with Gasteiger partial charge in [0.15, 0.2) is 5.82 Å². The molecule has 0 aliphatic carbocycles. The van der Waals surface area contributed by atoms with Gasteiger partial charge in [-0.25, -0.2) is 4.39 Å². The van der Waals surface area contributed by atoms with E-state index in [0.717, 1.165) is 0 Å². The van der Waals surface area contributed by atoms with Crippen molar-refractivity contribution < 1.29 is 14.3 Å². The van der Waals surface area contributed by atoms with Crippen LogP contribution < -0.4 is 4.90 Å². The van der Waals surface area contributed by atoms with Gasteiger partial charge in [0.2, 0.25) is 0 Å². The molecule has 1 rings (SSSR count). The van der Waals surface area contributed by atoms with Crippen LogP contribution in [0.2, 0.25) is 0 Å². The normalized spacial score (nSPS) is 10.4. The largest absolute Gasteiger partial charge is 0.480 e. The first-order valence-electron chi connectivity index (χ1n) is 5.86.